The zero-order valence-electron chi connectivity index (χ0n) is 13.4. The number of esters is 2. The van der Waals surface area contributed by atoms with Crippen molar-refractivity contribution in [2.24, 2.45) is 10.8 Å². The van der Waals surface area contributed by atoms with E-state index in [4.69, 9.17) is 18.5 Å². The van der Waals surface area contributed by atoms with Crippen molar-refractivity contribution in [3.05, 3.63) is 0 Å². The molecule has 0 aromatic heterocycles. The standard InChI is InChI=1S/C13H24FO6P/c1-12(2,3)10(15)17-8-19-21(7-14)20-9-18-11(16)13(4,5)6/h7-9H2,1-6H3. The van der Waals surface area contributed by atoms with Crippen LogP contribution in [-0.2, 0) is 28.1 Å². The number of ether oxygens (including phenoxy) is 2. The molecule has 0 amide bonds. The van der Waals surface area contributed by atoms with Crippen LogP contribution in [0.1, 0.15) is 41.5 Å². The van der Waals surface area contributed by atoms with Crippen LogP contribution in [0.15, 0.2) is 0 Å². The first-order valence-electron chi connectivity index (χ1n) is 6.42. The van der Waals surface area contributed by atoms with Gasteiger partial charge in [0.05, 0.1) is 10.8 Å². The van der Waals surface area contributed by atoms with Crippen LogP contribution in [0.4, 0.5) is 4.39 Å². The fourth-order valence-corrected chi connectivity index (χ4v) is 1.37. The van der Waals surface area contributed by atoms with E-state index in [1.807, 2.05) is 0 Å². The summed E-state index contributed by atoms with van der Waals surface area (Å²) in [4.78, 5) is 22.9. The molecule has 0 bridgehead atoms. The van der Waals surface area contributed by atoms with Gasteiger partial charge in [-0.2, -0.15) is 0 Å². The fraction of sp³-hybridized carbons (Fsp3) is 0.846. The van der Waals surface area contributed by atoms with Crippen molar-refractivity contribution in [3.63, 3.8) is 0 Å². The number of hydrogen-bond donors (Lipinski definition) is 0. The maximum absolute atomic E-state index is 12.7. The van der Waals surface area contributed by atoms with Gasteiger partial charge in [0.25, 0.3) is 0 Å². The molecule has 0 fully saturated rings. The molecule has 0 aliphatic rings. The Morgan fingerprint density at radius 1 is 0.857 bits per heavy atom. The molecule has 0 aliphatic heterocycles. The van der Waals surface area contributed by atoms with E-state index in [0.717, 1.165) is 0 Å². The van der Waals surface area contributed by atoms with Crippen molar-refractivity contribution >= 4 is 20.3 Å². The minimum absolute atomic E-state index is 0.404. The number of alkyl halides is 1. The van der Waals surface area contributed by atoms with Gasteiger partial charge in [0.15, 0.2) is 20.0 Å². The van der Waals surface area contributed by atoms with Gasteiger partial charge in [0.2, 0.25) is 8.38 Å². The monoisotopic (exact) mass is 326 g/mol. The van der Waals surface area contributed by atoms with Crippen molar-refractivity contribution in [3.8, 4) is 0 Å². The second-order valence-electron chi connectivity index (χ2n) is 6.31. The third kappa shape index (κ3) is 8.96. The second kappa shape index (κ2) is 8.61. The van der Waals surface area contributed by atoms with Crippen molar-refractivity contribution < 1.29 is 32.5 Å². The van der Waals surface area contributed by atoms with Crippen LogP contribution >= 0.6 is 8.38 Å². The maximum atomic E-state index is 12.7. The highest BCUT2D eigenvalue weighted by Crippen LogP contribution is 2.38. The molecule has 0 radical (unpaired) electrons. The van der Waals surface area contributed by atoms with E-state index in [1.54, 1.807) is 41.5 Å². The van der Waals surface area contributed by atoms with Gasteiger partial charge in [-0.1, -0.05) is 0 Å². The Morgan fingerprint density at radius 2 is 1.19 bits per heavy atom. The third-order valence-corrected chi connectivity index (χ3v) is 3.08. The Bertz CT molecular complexity index is 316. The zero-order valence-corrected chi connectivity index (χ0v) is 14.3. The van der Waals surface area contributed by atoms with Gasteiger partial charge < -0.3 is 9.47 Å². The quantitative estimate of drug-likeness (QED) is 0.406. The van der Waals surface area contributed by atoms with Gasteiger partial charge >= 0.3 is 11.9 Å². The number of halogens is 1. The lowest BCUT2D eigenvalue weighted by molar-refractivity contribution is -0.161. The van der Waals surface area contributed by atoms with Gasteiger partial charge in [0.1, 0.15) is 0 Å². The van der Waals surface area contributed by atoms with Crippen LogP contribution < -0.4 is 0 Å². The minimum Gasteiger partial charge on any atom is -0.438 e. The molecule has 0 aliphatic carbocycles. The van der Waals surface area contributed by atoms with E-state index < -0.39 is 51.1 Å². The van der Waals surface area contributed by atoms with Crippen LogP contribution in [-0.4, -0.2) is 31.9 Å². The zero-order chi connectivity index (χ0) is 16.7. The number of carbonyl (C=O) groups excluding carboxylic acids is 2. The Labute approximate surface area is 126 Å². The van der Waals surface area contributed by atoms with Crippen LogP contribution in [0, 0.1) is 10.8 Å². The lowest BCUT2D eigenvalue weighted by atomic mass is 9.98. The molecule has 0 rings (SSSR count). The van der Waals surface area contributed by atoms with Crippen LogP contribution in [0.2, 0.25) is 0 Å². The van der Waals surface area contributed by atoms with E-state index in [2.05, 4.69) is 0 Å². The summed E-state index contributed by atoms with van der Waals surface area (Å²) in [6, 6.07) is 0. The highest BCUT2D eigenvalue weighted by Gasteiger charge is 2.25. The van der Waals surface area contributed by atoms with Crippen molar-refractivity contribution in [1.29, 1.82) is 0 Å². The molecule has 6 nitrogen and oxygen atoms in total. The summed E-state index contributed by atoms with van der Waals surface area (Å²) in [5.41, 5.74) is -1.32. The molecule has 0 N–H and O–H groups in total. The molecule has 0 saturated heterocycles. The predicted octanol–water partition coefficient (Wildman–Crippen LogP) is 3.35. The minimum atomic E-state index is -1.91. The van der Waals surface area contributed by atoms with Crippen molar-refractivity contribution in [1.82, 2.24) is 0 Å². The number of carbonyl (C=O) groups is 2. The smallest absolute Gasteiger partial charge is 0.313 e. The SMILES string of the molecule is CC(C)(C)C(=O)OCOP(CF)OCOC(=O)C(C)(C)C. The summed E-state index contributed by atoms with van der Waals surface area (Å²) >= 11 is 0. The molecule has 124 valence electrons. The number of rotatable bonds is 7. The first kappa shape index (κ1) is 20.2. The molecular weight excluding hydrogens is 302 g/mol. The Kier molecular flexibility index (Phi) is 8.29. The average molecular weight is 326 g/mol. The highest BCUT2D eigenvalue weighted by atomic mass is 31.2. The highest BCUT2D eigenvalue weighted by molar-refractivity contribution is 7.46. The Morgan fingerprint density at radius 3 is 1.43 bits per heavy atom. The lowest BCUT2D eigenvalue weighted by Gasteiger charge is -2.20. The molecule has 21 heavy (non-hydrogen) atoms. The lowest BCUT2D eigenvalue weighted by Crippen LogP contribution is -2.24. The molecule has 8 heteroatoms. The Balaban J connectivity index is 3.98. The van der Waals surface area contributed by atoms with Gasteiger partial charge in [-0.25, -0.2) is 4.39 Å². The first-order chi connectivity index (χ1) is 9.48. The molecular formula is C13H24FO6P. The summed E-state index contributed by atoms with van der Waals surface area (Å²) in [5, 5.41) is 0. The van der Waals surface area contributed by atoms with Crippen LogP contribution in [0.5, 0.6) is 0 Å². The topological polar surface area (TPSA) is 71.1 Å². The largest absolute Gasteiger partial charge is 0.438 e. The summed E-state index contributed by atoms with van der Waals surface area (Å²) in [5.74, 6) is -0.925. The summed E-state index contributed by atoms with van der Waals surface area (Å²) in [7, 11) is -1.91. The normalized spacial score (nSPS) is 12.4. The third-order valence-electron chi connectivity index (χ3n) is 2.10. The first-order valence-corrected chi connectivity index (χ1v) is 7.78. The van der Waals surface area contributed by atoms with Crippen molar-refractivity contribution in [2.75, 3.05) is 20.0 Å². The summed E-state index contributed by atoms with van der Waals surface area (Å²) < 4.78 is 32.2. The van der Waals surface area contributed by atoms with Gasteiger partial charge in [-0.05, 0) is 41.5 Å². The molecule has 0 aromatic carbocycles. The van der Waals surface area contributed by atoms with E-state index in [9.17, 15) is 14.0 Å². The molecule has 0 heterocycles. The molecule has 0 atom stereocenters. The summed E-state index contributed by atoms with van der Waals surface area (Å²) in [6.45, 7) is 9.33. The summed E-state index contributed by atoms with van der Waals surface area (Å²) in [6.07, 6.45) is -0.893. The van der Waals surface area contributed by atoms with Crippen molar-refractivity contribution in [2.45, 2.75) is 41.5 Å². The molecule has 0 aromatic rings. The fourth-order valence-electron chi connectivity index (χ4n) is 0.817. The van der Waals surface area contributed by atoms with E-state index >= 15 is 0 Å². The van der Waals surface area contributed by atoms with Gasteiger partial charge in [0, 0.05) is 0 Å². The molecule has 0 unspecified atom stereocenters. The molecule has 0 saturated carbocycles. The maximum Gasteiger partial charge on any atom is 0.313 e. The van der Waals surface area contributed by atoms with E-state index in [-0.39, 0.29) is 0 Å². The number of hydrogen-bond acceptors (Lipinski definition) is 6. The second-order valence-corrected chi connectivity index (χ2v) is 7.73. The van der Waals surface area contributed by atoms with Crippen LogP contribution in [0.3, 0.4) is 0 Å². The van der Waals surface area contributed by atoms with E-state index in [0.29, 0.717) is 0 Å². The van der Waals surface area contributed by atoms with Crippen LogP contribution in [0.25, 0.3) is 0 Å². The van der Waals surface area contributed by atoms with E-state index in [1.165, 1.54) is 0 Å². The Hall–Kier alpha value is -0.780. The van der Waals surface area contributed by atoms with Gasteiger partial charge in [-0.3, -0.25) is 18.6 Å². The molecule has 0 spiro atoms. The predicted molar refractivity (Wildman–Crippen MR) is 75.9 cm³/mol. The average Bonchev–Trinajstić information content (AvgIpc) is 2.34. The van der Waals surface area contributed by atoms with Gasteiger partial charge in [-0.15, -0.1) is 0 Å².